The van der Waals surface area contributed by atoms with Gasteiger partial charge in [-0.3, -0.25) is 19.7 Å². The van der Waals surface area contributed by atoms with Crippen LogP contribution in [0.5, 0.6) is 5.75 Å². The zero-order valence-corrected chi connectivity index (χ0v) is 22.6. The normalized spacial score (nSPS) is 24.3. The molecule has 4 N–H and O–H groups in total. The third-order valence-electron chi connectivity index (χ3n) is 6.85. The number of benzene rings is 2. The molecule has 3 amide bonds. The van der Waals surface area contributed by atoms with Crippen molar-refractivity contribution in [2.24, 2.45) is 0 Å². The van der Waals surface area contributed by atoms with Gasteiger partial charge >= 0.3 is 0 Å². The van der Waals surface area contributed by atoms with Crippen LogP contribution < -0.4 is 20.7 Å². The summed E-state index contributed by atoms with van der Waals surface area (Å²) in [6.07, 6.45) is 5.08. The first kappa shape index (κ1) is 29.0. The Hall–Kier alpha value is -4.02. The zero-order valence-electron chi connectivity index (χ0n) is 22.6. The van der Waals surface area contributed by atoms with Crippen LogP contribution in [0.4, 0.5) is 4.39 Å². The van der Waals surface area contributed by atoms with Crippen LogP contribution in [0.25, 0.3) is 6.08 Å². The largest absolute Gasteiger partial charge is 0.492 e. The van der Waals surface area contributed by atoms with Gasteiger partial charge in [0.1, 0.15) is 36.3 Å². The third-order valence-corrected chi connectivity index (χ3v) is 6.85. The molecule has 0 saturated carbocycles. The van der Waals surface area contributed by atoms with E-state index in [9.17, 15) is 23.9 Å². The van der Waals surface area contributed by atoms with Gasteiger partial charge in [0.2, 0.25) is 17.7 Å². The van der Waals surface area contributed by atoms with Crippen molar-refractivity contribution in [3.63, 3.8) is 0 Å². The number of ether oxygens (including phenoxy) is 1. The molecule has 1 aliphatic carbocycles. The van der Waals surface area contributed by atoms with Crippen LogP contribution in [0, 0.1) is 5.82 Å². The topological polar surface area (TPSA) is 120 Å². The van der Waals surface area contributed by atoms with Gasteiger partial charge in [-0.05, 0) is 42.7 Å². The van der Waals surface area contributed by atoms with E-state index in [1.165, 1.54) is 31.0 Å². The molecule has 0 spiro atoms. The number of amides is 3. The zero-order chi connectivity index (χ0) is 28.6. The van der Waals surface area contributed by atoms with Gasteiger partial charge in [0.05, 0.1) is 6.10 Å². The molecule has 0 fully saturated rings. The minimum Gasteiger partial charge on any atom is -0.492 e. The lowest BCUT2D eigenvalue weighted by atomic mass is 10.0. The summed E-state index contributed by atoms with van der Waals surface area (Å²) in [5, 5.41) is 19.3. The van der Waals surface area contributed by atoms with E-state index in [-0.39, 0.29) is 18.9 Å². The SMILES string of the molecule is CC(O)[C@H]1C(=O)N[C@H](Cc2ccc(F)cc2)C(=O)NC/C=C/c2ccccc2OCCN[C@@H](C2=CC2)C(=O)N1C. The Morgan fingerprint density at radius 3 is 2.52 bits per heavy atom. The molecule has 0 bridgehead atoms. The first-order valence-corrected chi connectivity index (χ1v) is 13.3. The summed E-state index contributed by atoms with van der Waals surface area (Å²) in [7, 11) is 1.46. The van der Waals surface area contributed by atoms with Gasteiger partial charge in [0.25, 0.3) is 0 Å². The van der Waals surface area contributed by atoms with Crippen LogP contribution in [0.3, 0.4) is 0 Å². The highest BCUT2D eigenvalue weighted by Crippen LogP contribution is 2.25. The van der Waals surface area contributed by atoms with Crippen LogP contribution >= 0.6 is 0 Å². The van der Waals surface area contributed by atoms with Gasteiger partial charge in [-0.25, -0.2) is 4.39 Å². The maximum Gasteiger partial charge on any atom is 0.246 e. The number of rotatable bonds is 4. The maximum atomic E-state index is 13.5. The van der Waals surface area contributed by atoms with Crippen molar-refractivity contribution in [2.45, 2.75) is 44.0 Å². The maximum absolute atomic E-state index is 13.5. The Morgan fingerprint density at radius 1 is 1.10 bits per heavy atom. The molecule has 2 aromatic rings. The predicted octanol–water partition coefficient (Wildman–Crippen LogP) is 1.57. The first-order valence-electron chi connectivity index (χ1n) is 13.3. The molecule has 1 unspecified atom stereocenters. The molecule has 9 nitrogen and oxygen atoms in total. The highest BCUT2D eigenvalue weighted by molar-refractivity contribution is 5.94. The molecular weight excluding hydrogens is 515 g/mol. The van der Waals surface area contributed by atoms with Crippen molar-refractivity contribution in [2.75, 3.05) is 26.7 Å². The molecular formula is C30H35FN4O5. The second kappa shape index (κ2) is 13.4. The summed E-state index contributed by atoms with van der Waals surface area (Å²) in [6.45, 7) is 2.28. The molecule has 4 rings (SSSR count). The lowest BCUT2D eigenvalue weighted by Gasteiger charge is -2.33. The molecule has 1 aliphatic heterocycles. The molecule has 10 heteroatoms. The molecule has 2 aromatic carbocycles. The van der Waals surface area contributed by atoms with Crippen LogP contribution in [-0.2, 0) is 20.8 Å². The number of carbonyl (C=O) groups is 3. The van der Waals surface area contributed by atoms with E-state index in [1.54, 1.807) is 18.2 Å². The number of aliphatic hydroxyl groups excluding tert-OH is 1. The van der Waals surface area contributed by atoms with Crippen molar-refractivity contribution >= 4 is 23.8 Å². The fraction of sp³-hybridized carbons (Fsp3) is 0.367. The Kier molecular flexibility index (Phi) is 9.68. The van der Waals surface area contributed by atoms with Gasteiger partial charge in [-0.1, -0.05) is 48.6 Å². The number of hydrogen-bond donors (Lipinski definition) is 4. The average molecular weight is 551 g/mol. The van der Waals surface area contributed by atoms with Gasteiger partial charge in [-0.2, -0.15) is 0 Å². The number of halogens is 1. The molecule has 2 aliphatic rings. The lowest BCUT2D eigenvalue weighted by molar-refractivity contribution is -0.144. The summed E-state index contributed by atoms with van der Waals surface area (Å²) in [6, 6.07) is 10.2. The minimum atomic E-state index is -1.25. The Balaban J connectivity index is 1.63. The van der Waals surface area contributed by atoms with Gasteiger partial charge in [-0.15, -0.1) is 0 Å². The van der Waals surface area contributed by atoms with Crippen LogP contribution in [0.15, 0.2) is 66.3 Å². The van der Waals surface area contributed by atoms with E-state index < -0.39 is 41.9 Å². The molecule has 40 heavy (non-hydrogen) atoms. The third kappa shape index (κ3) is 7.55. The molecule has 0 saturated heterocycles. The van der Waals surface area contributed by atoms with Gasteiger partial charge in [0, 0.05) is 32.1 Å². The summed E-state index contributed by atoms with van der Waals surface area (Å²) in [5.41, 5.74) is 2.35. The highest BCUT2D eigenvalue weighted by Gasteiger charge is 2.38. The van der Waals surface area contributed by atoms with Crippen LogP contribution in [0.1, 0.15) is 24.5 Å². The monoisotopic (exact) mass is 550 g/mol. The Labute approximate surface area is 233 Å². The highest BCUT2D eigenvalue weighted by atomic mass is 19.1. The van der Waals surface area contributed by atoms with E-state index in [1.807, 2.05) is 36.4 Å². The number of hydrogen-bond acceptors (Lipinski definition) is 6. The average Bonchev–Trinajstić information content (AvgIpc) is 3.77. The van der Waals surface area contributed by atoms with E-state index in [4.69, 9.17) is 4.74 Å². The summed E-state index contributed by atoms with van der Waals surface area (Å²) in [4.78, 5) is 41.4. The van der Waals surface area contributed by atoms with E-state index in [2.05, 4.69) is 16.0 Å². The number of para-hydroxylation sites is 1. The fourth-order valence-corrected chi connectivity index (χ4v) is 4.64. The summed E-state index contributed by atoms with van der Waals surface area (Å²) >= 11 is 0. The molecule has 0 aromatic heterocycles. The van der Waals surface area contributed by atoms with Crippen molar-refractivity contribution in [3.8, 4) is 5.75 Å². The lowest BCUT2D eigenvalue weighted by Crippen LogP contribution is -2.60. The Bertz CT molecular complexity index is 1280. The number of fused-ring (bicyclic) bond motifs is 1. The summed E-state index contributed by atoms with van der Waals surface area (Å²) in [5.74, 6) is -1.28. The molecule has 4 atom stereocenters. The van der Waals surface area contributed by atoms with Gasteiger partial charge in [0.15, 0.2) is 0 Å². The Morgan fingerprint density at radius 2 is 1.82 bits per heavy atom. The number of likely N-dealkylation sites (N-methyl/N-ethyl adjacent to an activating group) is 1. The number of carbonyl (C=O) groups excluding carboxylic acids is 3. The quantitative estimate of drug-likeness (QED) is 0.429. The van der Waals surface area contributed by atoms with E-state index in [0.29, 0.717) is 30.9 Å². The predicted molar refractivity (Wildman–Crippen MR) is 149 cm³/mol. The fourth-order valence-electron chi connectivity index (χ4n) is 4.64. The molecule has 1 heterocycles. The van der Waals surface area contributed by atoms with Crippen molar-refractivity contribution < 1.29 is 28.6 Å². The minimum absolute atomic E-state index is 0.0828. The standard InChI is InChI=1S/C30H35FN4O5/c1-19(36)27-29(38)34-24(18-20-9-13-23(31)14-10-20)28(37)33-15-5-7-21-6-3-4-8-25(21)40-17-16-32-26(22-11-12-22)30(39)35(27)2/h3-11,13-14,19,24,26-27,32,36H,12,15-18H2,1-2H3,(H,33,37)(H,34,38)/b7-5+/t19?,24-,26+,27+/m1/s1. The van der Waals surface area contributed by atoms with Crippen LogP contribution in [-0.4, -0.2) is 78.7 Å². The van der Waals surface area contributed by atoms with Crippen molar-refractivity contribution in [1.82, 2.24) is 20.9 Å². The second-order valence-corrected chi connectivity index (χ2v) is 9.93. The number of nitrogens with zero attached hydrogens (tertiary/aromatic N) is 1. The smallest absolute Gasteiger partial charge is 0.246 e. The molecule has 212 valence electrons. The van der Waals surface area contributed by atoms with Crippen LogP contribution in [0.2, 0.25) is 0 Å². The second-order valence-electron chi connectivity index (χ2n) is 9.93. The van der Waals surface area contributed by atoms with E-state index >= 15 is 0 Å². The number of allylic oxidation sites excluding steroid dienone is 1. The van der Waals surface area contributed by atoms with Gasteiger partial charge < -0.3 is 25.4 Å². The summed E-state index contributed by atoms with van der Waals surface area (Å²) < 4.78 is 19.4. The number of nitrogens with one attached hydrogen (secondary N) is 3. The first-order chi connectivity index (χ1) is 19.2. The molecule has 0 radical (unpaired) electrons. The van der Waals surface area contributed by atoms with Crippen molar-refractivity contribution in [1.29, 1.82) is 0 Å². The van der Waals surface area contributed by atoms with Crippen molar-refractivity contribution in [3.05, 3.63) is 83.2 Å². The number of aliphatic hydroxyl groups is 1. The van der Waals surface area contributed by atoms with E-state index in [0.717, 1.165) is 11.1 Å².